The molecule has 0 aromatic heterocycles. The van der Waals surface area contributed by atoms with E-state index in [1.54, 1.807) is 20.8 Å². The summed E-state index contributed by atoms with van der Waals surface area (Å²) in [5.41, 5.74) is -15.7. The molecule has 0 spiro atoms. The lowest BCUT2D eigenvalue weighted by atomic mass is 9.91. The quantitative estimate of drug-likeness (QED) is 0.0182. The Bertz CT molecular complexity index is 2120. The van der Waals surface area contributed by atoms with Crippen molar-refractivity contribution in [2.45, 2.75) is 308 Å². The average molecular weight is 1240 g/mol. The molecule has 0 amide bonds. The normalized spacial score (nSPS) is 14.9. The third kappa shape index (κ3) is 26.7. The summed E-state index contributed by atoms with van der Waals surface area (Å²) in [5.74, 6) is -10.5. The van der Waals surface area contributed by atoms with Crippen LogP contribution in [0.25, 0.3) is 0 Å². The van der Waals surface area contributed by atoms with Crippen molar-refractivity contribution in [1.29, 1.82) is 0 Å². The molecule has 0 rings (SSSR count). The minimum atomic E-state index is -2.68. The van der Waals surface area contributed by atoms with E-state index in [1.807, 2.05) is 13.8 Å². The number of halogens is 6. The molecule has 0 N–H and O–H groups in total. The summed E-state index contributed by atoms with van der Waals surface area (Å²) in [4.78, 5) is 107. The molecule has 0 aromatic rings. The molecular weight excluding hydrogens is 1140 g/mol. The Morgan fingerprint density at radius 1 is 0.302 bits per heavy atom. The zero-order chi connectivity index (χ0) is 66.0. The van der Waals surface area contributed by atoms with Crippen LogP contribution in [0.1, 0.15) is 250 Å². The highest BCUT2D eigenvalue weighted by Gasteiger charge is 2.48. The van der Waals surface area contributed by atoms with E-state index in [0.717, 1.165) is 0 Å². The van der Waals surface area contributed by atoms with E-state index in [-0.39, 0.29) is 114 Å². The van der Waals surface area contributed by atoms with E-state index in [4.69, 9.17) is 37.9 Å². The lowest BCUT2D eigenvalue weighted by Gasteiger charge is -2.32. The lowest BCUT2D eigenvalue weighted by molar-refractivity contribution is -0.193. The Kier molecular flexibility index (Phi) is 37.9. The van der Waals surface area contributed by atoms with Crippen LogP contribution in [0.5, 0.6) is 0 Å². The smallest absolute Gasteiger partial charge is 0.344 e. The van der Waals surface area contributed by atoms with Crippen molar-refractivity contribution in [3.63, 3.8) is 0 Å². The average Bonchev–Trinajstić information content (AvgIpc) is 1.83. The highest BCUT2D eigenvalue weighted by Crippen LogP contribution is 2.34. The van der Waals surface area contributed by atoms with Gasteiger partial charge in [0.2, 0.25) is 34.0 Å². The third-order valence-electron chi connectivity index (χ3n) is 15.6. The number of carbonyl (C=O) groups is 8. The Labute approximate surface area is 508 Å². The van der Waals surface area contributed by atoms with Crippen molar-refractivity contribution >= 4 is 47.8 Å². The molecular formula is C64H104F6O16. The topological polar surface area (TPSA) is 210 Å². The summed E-state index contributed by atoms with van der Waals surface area (Å²) in [7, 11) is 0. The van der Waals surface area contributed by atoms with E-state index in [9.17, 15) is 38.4 Å². The van der Waals surface area contributed by atoms with Gasteiger partial charge in [-0.2, -0.15) is 0 Å². The second-order valence-electron chi connectivity index (χ2n) is 22.7. The standard InChI is InChI=1S/C64H104F6O16/c1-15-25-34-62(68,35-26-16-2)55(75)82-44-50(86-58(78)64(70,37-28-18-4)38-29-19-5)48(84-52(72)46(13)14)42-81-56(76)63(69,36-27-17-3)40-33-31-30-32-39-61(67,24-10)54(74)80-43-49(85-57(77)60(66,22-8)23-9)47(83-51(71)45(11)12)41-79-53(73)59(65,20-6)21-7/h47-50H,11,13,15-44H2,1-10,12,14H3. The molecule has 22 heteroatoms. The molecule has 86 heavy (non-hydrogen) atoms. The molecule has 6 atom stereocenters. The largest absolute Gasteiger partial charge is 0.459 e. The Morgan fingerprint density at radius 2 is 0.512 bits per heavy atom. The SMILES string of the molecule is C=C(C)C(=O)OC(COC(=O)C(F)(CC)CC)C(COC(=O)C(F)(CC)CCCCCCC(F)(CCCC)C(=O)OCC(OC(=O)C(=C)C)C(COC(=O)C(F)(CCCC)CCCC)OC(=O)C(F)(CCCC)CCCC)OC(=O)C(F)(CC)CC. The summed E-state index contributed by atoms with van der Waals surface area (Å²) >= 11 is 0. The van der Waals surface area contributed by atoms with Crippen LogP contribution in [0.4, 0.5) is 26.3 Å². The lowest BCUT2D eigenvalue weighted by Crippen LogP contribution is -2.48. The van der Waals surface area contributed by atoms with Gasteiger partial charge in [-0.25, -0.2) is 64.7 Å². The first-order valence-electron chi connectivity index (χ1n) is 31.3. The van der Waals surface area contributed by atoms with Crippen molar-refractivity contribution in [2.75, 3.05) is 26.4 Å². The number of ether oxygens (including phenoxy) is 8. The summed E-state index contributed by atoms with van der Waals surface area (Å²) in [6, 6.07) is 0. The van der Waals surface area contributed by atoms with E-state index in [1.165, 1.54) is 48.5 Å². The van der Waals surface area contributed by atoms with Crippen molar-refractivity contribution in [2.24, 2.45) is 0 Å². The number of hydrogen-bond acceptors (Lipinski definition) is 16. The van der Waals surface area contributed by atoms with Gasteiger partial charge in [0.05, 0.1) is 0 Å². The maximum absolute atomic E-state index is 17.1. The fraction of sp³-hybridized carbons (Fsp3) is 0.812. The summed E-state index contributed by atoms with van der Waals surface area (Å²) < 4.78 is 141. The molecule has 16 nitrogen and oxygen atoms in total. The van der Waals surface area contributed by atoms with Crippen LogP contribution in [-0.2, 0) is 76.3 Å². The van der Waals surface area contributed by atoms with Gasteiger partial charge in [0.25, 0.3) is 0 Å². The number of alkyl halides is 6. The van der Waals surface area contributed by atoms with E-state index >= 15 is 26.3 Å². The Hall–Kier alpha value is -5.18. The highest BCUT2D eigenvalue weighted by atomic mass is 19.2. The molecule has 0 aliphatic heterocycles. The molecule has 0 heterocycles. The van der Waals surface area contributed by atoms with Gasteiger partial charge < -0.3 is 37.9 Å². The molecule has 0 aromatic carbocycles. The number of rotatable bonds is 49. The molecule has 0 saturated carbocycles. The van der Waals surface area contributed by atoms with Crippen LogP contribution >= 0.6 is 0 Å². The second kappa shape index (κ2) is 40.4. The van der Waals surface area contributed by atoms with Crippen LogP contribution in [0.2, 0.25) is 0 Å². The van der Waals surface area contributed by atoms with Crippen LogP contribution in [0, 0.1) is 0 Å². The van der Waals surface area contributed by atoms with E-state index < -0.39 is 152 Å². The summed E-state index contributed by atoms with van der Waals surface area (Å²) in [5, 5.41) is 0. The number of carbonyl (C=O) groups excluding carboxylic acids is 8. The van der Waals surface area contributed by atoms with Gasteiger partial charge in [-0.1, -0.05) is 127 Å². The van der Waals surface area contributed by atoms with Crippen molar-refractivity contribution in [3.05, 3.63) is 24.3 Å². The van der Waals surface area contributed by atoms with Crippen LogP contribution in [-0.4, -0.2) is 133 Å². The second-order valence-corrected chi connectivity index (χ2v) is 22.7. The van der Waals surface area contributed by atoms with Crippen LogP contribution in [0.15, 0.2) is 24.3 Å². The summed E-state index contributed by atoms with van der Waals surface area (Å²) in [6.07, 6.45) is -6.77. The third-order valence-corrected chi connectivity index (χ3v) is 15.6. The van der Waals surface area contributed by atoms with Crippen molar-refractivity contribution < 1.29 is 103 Å². The van der Waals surface area contributed by atoms with Crippen molar-refractivity contribution in [3.8, 4) is 0 Å². The molecule has 0 bridgehead atoms. The molecule has 0 aliphatic rings. The first-order valence-corrected chi connectivity index (χ1v) is 31.3. The maximum Gasteiger partial charge on any atom is 0.344 e. The van der Waals surface area contributed by atoms with Gasteiger partial charge in [-0.15, -0.1) is 0 Å². The van der Waals surface area contributed by atoms with Gasteiger partial charge in [-0.05, 0) is 136 Å². The van der Waals surface area contributed by atoms with E-state index in [0.29, 0.717) is 44.9 Å². The fourth-order valence-corrected chi connectivity index (χ4v) is 8.92. The molecule has 0 saturated heterocycles. The van der Waals surface area contributed by atoms with E-state index in [2.05, 4.69) is 13.2 Å². The minimum absolute atomic E-state index is 0.0147. The predicted molar refractivity (Wildman–Crippen MR) is 313 cm³/mol. The Balaban J connectivity index is 6.73. The van der Waals surface area contributed by atoms with Gasteiger partial charge >= 0.3 is 47.8 Å². The van der Waals surface area contributed by atoms with Crippen LogP contribution < -0.4 is 0 Å². The first-order chi connectivity index (χ1) is 40.3. The molecule has 0 radical (unpaired) electrons. The van der Waals surface area contributed by atoms with Gasteiger partial charge in [0, 0.05) is 11.1 Å². The number of esters is 8. The maximum atomic E-state index is 17.1. The molecule has 6 unspecified atom stereocenters. The summed E-state index contributed by atoms with van der Waals surface area (Å²) in [6.45, 7) is 21.5. The Morgan fingerprint density at radius 3 is 0.779 bits per heavy atom. The molecule has 0 fully saturated rings. The number of hydrogen-bond donors (Lipinski definition) is 0. The minimum Gasteiger partial charge on any atom is -0.459 e. The van der Waals surface area contributed by atoms with Crippen LogP contribution in [0.3, 0.4) is 0 Å². The zero-order valence-electron chi connectivity index (χ0n) is 53.7. The highest BCUT2D eigenvalue weighted by molar-refractivity contribution is 5.88. The zero-order valence-corrected chi connectivity index (χ0v) is 53.7. The van der Waals surface area contributed by atoms with Gasteiger partial charge in [0.1, 0.15) is 26.4 Å². The van der Waals surface area contributed by atoms with Gasteiger partial charge in [0.15, 0.2) is 24.4 Å². The molecule has 498 valence electrons. The van der Waals surface area contributed by atoms with Crippen molar-refractivity contribution in [1.82, 2.24) is 0 Å². The number of unbranched alkanes of at least 4 members (excludes halogenated alkanes) is 8. The van der Waals surface area contributed by atoms with Gasteiger partial charge in [-0.3, -0.25) is 0 Å². The predicted octanol–water partition coefficient (Wildman–Crippen LogP) is 14.5. The first kappa shape index (κ1) is 80.8. The fourth-order valence-electron chi connectivity index (χ4n) is 8.92. The monoisotopic (exact) mass is 1240 g/mol. The molecule has 0 aliphatic carbocycles.